The van der Waals surface area contributed by atoms with E-state index >= 15 is 0 Å². The molecule has 4 atom stereocenters. The highest BCUT2D eigenvalue weighted by Crippen LogP contribution is 2.37. The van der Waals surface area contributed by atoms with Crippen LogP contribution in [0.2, 0.25) is 0 Å². The molecule has 2 aromatic heterocycles. The number of imidazole rings is 1. The number of nitrogens with zero attached hydrogens (tertiary/aromatic N) is 4. The summed E-state index contributed by atoms with van der Waals surface area (Å²) >= 11 is 0. The Morgan fingerprint density at radius 1 is 1.32 bits per heavy atom. The minimum absolute atomic E-state index is 0.0962. The maximum Gasteiger partial charge on any atom is 0.325 e. The molecule has 11 heteroatoms. The predicted molar refractivity (Wildman–Crippen MR) is 92.1 cm³/mol. The molecule has 0 aliphatic carbocycles. The van der Waals surface area contributed by atoms with Gasteiger partial charge in [-0.25, -0.2) is 15.0 Å². The van der Waals surface area contributed by atoms with Gasteiger partial charge in [0.15, 0.2) is 11.5 Å². The fraction of sp³-hybridized carbons (Fsp3) is 0.643. The van der Waals surface area contributed by atoms with Gasteiger partial charge in [0.1, 0.15) is 18.1 Å². The van der Waals surface area contributed by atoms with Gasteiger partial charge in [-0.05, 0) is 0 Å². The number of fused-ring (bicyclic) bond motifs is 1. The molecule has 0 amide bonds. The van der Waals surface area contributed by atoms with Crippen LogP contribution in [0, 0.1) is 5.92 Å². The molecule has 3 unspecified atom stereocenters. The fourth-order valence-electron chi connectivity index (χ4n) is 2.53. The molecule has 0 saturated carbocycles. The zero-order valence-electron chi connectivity index (χ0n) is 14.7. The third kappa shape index (κ3) is 4.96. The van der Waals surface area contributed by atoms with E-state index < -0.39 is 13.8 Å². The van der Waals surface area contributed by atoms with Crippen LogP contribution in [0.3, 0.4) is 0 Å². The third-order valence-electron chi connectivity index (χ3n) is 3.92. The molecule has 0 saturated heterocycles. The van der Waals surface area contributed by atoms with E-state index in [1.54, 1.807) is 25.1 Å². The quantitative estimate of drug-likeness (QED) is 0.626. The summed E-state index contributed by atoms with van der Waals surface area (Å²) in [4.78, 5) is 21.6. The highest BCUT2D eigenvalue weighted by molar-refractivity contribution is 7.51. The lowest BCUT2D eigenvalue weighted by atomic mass is 10.0. The van der Waals surface area contributed by atoms with Crippen LogP contribution >= 0.6 is 7.60 Å². The van der Waals surface area contributed by atoms with Crippen LogP contribution in [0.5, 0.6) is 0 Å². The first-order valence-electron chi connectivity index (χ1n) is 7.70. The number of ether oxygens (including phenoxy) is 2. The molecule has 0 radical (unpaired) electrons. The highest BCUT2D eigenvalue weighted by Gasteiger charge is 2.26. The second-order valence-electron chi connectivity index (χ2n) is 5.86. The molecule has 2 heterocycles. The topological polar surface area (TPSA) is 135 Å². The van der Waals surface area contributed by atoms with Crippen LogP contribution in [0.4, 0.5) is 5.82 Å². The number of nitrogens with two attached hydrogens (primary N) is 1. The standard InChI is InChI=1S/C14H24N5O5P/c1-9(6-24-25(4,20)21)10(22-2)5-11(23-3)19-8-18-12-13(15)16-7-17-14(12)19/h7-11H,5-6H2,1-4H3,(H,20,21)(H2,15,16,17)/t9?,10?,11-/m0/s1. The van der Waals surface area contributed by atoms with Crippen LogP contribution < -0.4 is 5.73 Å². The Labute approximate surface area is 145 Å². The fourth-order valence-corrected chi connectivity index (χ4v) is 3.04. The Kier molecular flexibility index (Phi) is 6.47. The number of methoxy groups -OCH3 is 2. The van der Waals surface area contributed by atoms with Gasteiger partial charge in [0.25, 0.3) is 0 Å². The average molecular weight is 373 g/mol. The normalized spacial score (nSPS) is 18.0. The van der Waals surface area contributed by atoms with Gasteiger partial charge >= 0.3 is 7.60 Å². The van der Waals surface area contributed by atoms with E-state index in [9.17, 15) is 9.46 Å². The first kappa shape index (κ1) is 19.7. The van der Waals surface area contributed by atoms with Crippen molar-refractivity contribution in [2.45, 2.75) is 25.7 Å². The molecule has 2 rings (SSSR count). The molecule has 3 N–H and O–H groups in total. The zero-order chi connectivity index (χ0) is 18.6. The van der Waals surface area contributed by atoms with E-state index in [0.29, 0.717) is 23.4 Å². The van der Waals surface area contributed by atoms with Crippen molar-refractivity contribution in [3.8, 4) is 0 Å². The van der Waals surface area contributed by atoms with Crippen LogP contribution in [0.15, 0.2) is 12.7 Å². The predicted octanol–water partition coefficient (Wildman–Crippen LogP) is 1.43. The molecule has 25 heavy (non-hydrogen) atoms. The molecule has 0 fully saturated rings. The van der Waals surface area contributed by atoms with Crippen molar-refractivity contribution in [1.82, 2.24) is 19.5 Å². The number of hydrogen-bond acceptors (Lipinski definition) is 8. The molecule has 0 spiro atoms. The lowest BCUT2D eigenvalue weighted by molar-refractivity contribution is -0.0383. The van der Waals surface area contributed by atoms with Gasteiger partial charge in [-0.1, -0.05) is 6.92 Å². The Morgan fingerprint density at radius 2 is 2.04 bits per heavy atom. The SMILES string of the molecule is COC(C[C@H](OC)n1cnc2c(N)ncnc21)C(C)COP(C)(=O)O. The Bertz CT molecular complexity index is 748. The number of aromatic nitrogens is 4. The molecule has 2 aromatic rings. The second kappa shape index (κ2) is 8.20. The van der Waals surface area contributed by atoms with Gasteiger partial charge in [0.05, 0.1) is 19.0 Å². The Balaban J connectivity index is 2.16. The van der Waals surface area contributed by atoms with E-state index in [-0.39, 0.29) is 18.6 Å². The lowest BCUT2D eigenvalue weighted by Gasteiger charge is -2.27. The lowest BCUT2D eigenvalue weighted by Crippen LogP contribution is -2.28. The summed E-state index contributed by atoms with van der Waals surface area (Å²) in [6.07, 6.45) is 2.74. The van der Waals surface area contributed by atoms with E-state index in [0.717, 1.165) is 6.66 Å². The van der Waals surface area contributed by atoms with Gasteiger partial charge in [-0.2, -0.15) is 0 Å². The van der Waals surface area contributed by atoms with E-state index in [4.69, 9.17) is 19.7 Å². The molecule has 10 nitrogen and oxygen atoms in total. The largest absolute Gasteiger partial charge is 0.382 e. The van der Waals surface area contributed by atoms with E-state index in [1.807, 2.05) is 6.92 Å². The smallest absolute Gasteiger partial charge is 0.325 e. The summed E-state index contributed by atoms with van der Waals surface area (Å²) < 4.78 is 29.1. The summed E-state index contributed by atoms with van der Waals surface area (Å²) in [5.74, 6) is 0.169. The van der Waals surface area contributed by atoms with Gasteiger partial charge < -0.3 is 24.6 Å². The number of anilines is 1. The molecular weight excluding hydrogens is 349 g/mol. The van der Waals surface area contributed by atoms with Crippen LogP contribution in [-0.4, -0.2) is 58.0 Å². The van der Waals surface area contributed by atoms with Crippen LogP contribution in [-0.2, 0) is 18.6 Å². The number of hydrogen-bond donors (Lipinski definition) is 2. The number of nitrogen functional groups attached to an aromatic ring is 1. The molecule has 140 valence electrons. The van der Waals surface area contributed by atoms with E-state index in [1.165, 1.54) is 6.33 Å². The van der Waals surface area contributed by atoms with Crippen molar-refractivity contribution in [2.24, 2.45) is 5.92 Å². The summed E-state index contributed by atoms with van der Waals surface area (Å²) in [5, 5.41) is 0. The second-order valence-corrected chi connectivity index (χ2v) is 7.72. The molecule has 0 aliphatic rings. The minimum Gasteiger partial charge on any atom is -0.382 e. The first-order chi connectivity index (χ1) is 11.8. The Morgan fingerprint density at radius 3 is 2.64 bits per heavy atom. The number of rotatable bonds is 9. The maximum absolute atomic E-state index is 11.3. The van der Waals surface area contributed by atoms with Gasteiger partial charge in [-0.3, -0.25) is 9.13 Å². The van der Waals surface area contributed by atoms with Crippen molar-refractivity contribution >= 4 is 24.6 Å². The molecule has 0 bridgehead atoms. The summed E-state index contributed by atoms with van der Waals surface area (Å²) in [6, 6.07) is 0. The van der Waals surface area contributed by atoms with Crippen molar-refractivity contribution in [3.05, 3.63) is 12.7 Å². The van der Waals surface area contributed by atoms with Gasteiger partial charge in [0, 0.05) is 33.2 Å². The average Bonchev–Trinajstić information content (AvgIpc) is 2.98. The zero-order valence-corrected chi connectivity index (χ0v) is 15.6. The minimum atomic E-state index is -3.53. The maximum atomic E-state index is 11.3. The Hall–Kier alpha value is -1.58. The van der Waals surface area contributed by atoms with Gasteiger partial charge in [-0.15, -0.1) is 0 Å². The molecule has 0 aromatic carbocycles. The van der Waals surface area contributed by atoms with Crippen LogP contribution in [0.25, 0.3) is 11.2 Å². The molecular formula is C14H24N5O5P. The monoisotopic (exact) mass is 373 g/mol. The highest BCUT2D eigenvalue weighted by atomic mass is 31.2. The summed E-state index contributed by atoms with van der Waals surface area (Å²) in [7, 11) is -0.384. The molecule has 0 aliphatic heterocycles. The van der Waals surface area contributed by atoms with Crippen LogP contribution in [0.1, 0.15) is 19.6 Å². The first-order valence-corrected chi connectivity index (χ1v) is 9.72. The van der Waals surface area contributed by atoms with E-state index in [2.05, 4.69) is 15.0 Å². The van der Waals surface area contributed by atoms with Crippen molar-refractivity contribution < 1.29 is 23.5 Å². The third-order valence-corrected chi connectivity index (χ3v) is 4.55. The van der Waals surface area contributed by atoms with Crippen molar-refractivity contribution in [3.63, 3.8) is 0 Å². The van der Waals surface area contributed by atoms with Gasteiger partial charge in [0.2, 0.25) is 0 Å². The van der Waals surface area contributed by atoms with Crippen molar-refractivity contribution in [2.75, 3.05) is 33.2 Å². The summed E-state index contributed by atoms with van der Waals surface area (Å²) in [5.41, 5.74) is 6.87. The van der Waals surface area contributed by atoms with Crippen molar-refractivity contribution in [1.29, 1.82) is 0 Å². The summed E-state index contributed by atoms with van der Waals surface area (Å²) in [6.45, 7) is 3.13.